The van der Waals surface area contributed by atoms with Crippen LogP contribution < -0.4 is 0 Å². The maximum atomic E-state index is 11.8. The number of hydrogen-bond acceptors (Lipinski definition) is 3. The lowest BCUT2D eigenvalue weighted by Gasteiger charge is -2.04. The summed E-state index contributed by atoms with van der Waals surface area (Å²) in [5, 5.41) is 9.20. The van der Waals surface area contributed by atoms with Gasteiger partial charge in [-0.05, 0) is 56.4 Å². The molecular formula is C24H38O3. The third-order valence-electron chi connectivity index (χ3n) is 4.74. The van der Waals surface area contributed by atoms with Crippen LogP contribution in [0.1, 0.15) is 101 Å². The minimum atomic E-state index is -0.323. The van der Waals surface area contributed by atoms with Crippen molar-refractivity contribution in [3.05, 3.63) is 42.0 Å². The highest BCUT2D eigenvalue weighted by molar-refractivity contribution is 5.89. The van der Waals surface area contributed by atoms with Crippen LogP contribution >= 0.6 is 0 Å². The number of benzene rings is 1. The van der Waals surface area contributed by atoms with Crippen LogP contribution in [0.5, 0.6) is 5.75 Å². The molecule has 0 aliphatic carbocycles. The second kappa shape index (κ2) is 16.4. The largest absolute Gasteiger partial charge is 0.508 e. The van der Waals surface area contributed by atoms with Gasteiger partial charge in [0.1, 0.15) is 5.75 Å². The van der Waals surface area contributed by atoms with E-state index < -0.39 is 0 Å². The predicted octanol–water partition coefficient (Wildman–Crippen LogP) is 7.20. The van der Waals surface area contributed by atoms with Gasteiger partial charge in [0, 0.05) is 0 Å². The van der Waals surface area contributed by atoms with Gasteiger partial charge in [0.25, 0.3) is 0 Å². The normalized spacial score (nSPS) is 11.1. The van der Waals surface area contributed by atoms with Crippen molar-refractivity contribution in [2.75, 3.05) is 6.61 Å². The van der Waals surface area contributed by atoms with Crippen LogP contribution in [0.2, 0.25) is 0 Å². The van der Waals surface area contributed by atoms with Gasteiger partial charge in [0.15, 0.2) is 0 Å². The summed E-state index contributed by atoms with van der Waals surface area (Å²) in [6.45, 7) is 2.72. The number of unbranched alkanes of at least 4 members (excludes halogenated alkanes) is 11. The van der Waals surface area contributed by atoms with E-state index in [0.717, 1.165) is 19.3 Å². The van der Waals surface area contributed by atoms with Crippen molar-refractivity contribution in [3.63, 3.8) is 0 Å². The molecule has 0 radical (unpaired) electrons. The lowest BCUT2D eigenvalue weighted by atomic mass is 10.1. The number of hydrogen-bond donors (Lipinski definition) is 1. The molecule has 1 N–H and O–H groups in total. The molecule has 0 aliphatic rings. The molecule has 0 amide bonds. The average Bonchev–Trinajstić information content (AvgIpc) is 2.68. The standard InChI is InChI=1S/C24H38O3/c1-2-3-4-5-6-7-8-9-10-11-12-13-14-15-16-21-27-24(26)22-17-19-23(25)20-18-22/h12-13,17-20,25H,2-11,14-16,21H2,1H3/b13-12+. The first-order chi connectivity index (χ1) is 13.2. The number of phenols is 1. The fraction of sp³-hybridized carbons (Fsp3) is 0.625. The molecule has 0 heterocycles. The van der Waals surface area contributed by atoms with E-state index >= 15 is 0 Å². The van der Waals surface area contributed by atoms with Gasteiger partial charge in [-0.1, -0.05) is 70.4 Å². The molecule has 0 unspecified atom stereocenters. The van der Waals surface area contributed by atoms with Crippen molar-refractivity contribution < 1.29 is 14.6 Å². The molecule has 1 aromatic carbocycles. The van der Waals surface area contributed by atoms with E-state index in [1.165, 1.54) is 76.3 Å². The van der Waals surface area contributed by atoms with Crippen LogP contribution in [0, 0.1) is 0 Å². The third kappa shape index (κ3) is 13.1. The SMILES string of the molecule is CCCCCCCCCCC/C=C/CCCCOC(=O)c1ccc(O)cc1. The summed E-state index contributed by atoms with van der Waals surface area (Å²) in [4.78, 5) is 11.8. The van der Waals surface area contributed by atoms with Gasteiger partial charge in [-0.2, -0.15) is 0 Å². The van der Waals surface area contributed by atoms with Crippen LogP contribution in [0.25, 0.3) is 0 Å². The van der Waals surface area contributed by atoms with Gasteiger partial charge in [-0.15, -0.1) is 0 Å². The Morgan fingerprint density at radius 2 is 1.33 bits per heavy atom. The Bertz CT molecular complexity index is 505. The first-order valence-electron chi connectivity index (χ1n) is 10.8. The quantitative estimate of drug-likeness (QED) is 0.189. The van der Waals surface area contributed by atoms with E-state index in [4.69, 9.17) is 4.74 Å². The van der Waals surface area contributed by atoms with Crippen molar-refractivity contribution in [1.82, 2.24) is 0 Å². The van der Waals surface area contributed by atoms with Gasteiger partial charge < -0.3 is 9.84 Å². The number of carbonyl (C=O) groups is 1. The molecule has 0 aliphatic heterocycles. The van der Waals surface area contributed by atoms with Crippen LogP contribution in [-0.4, -0.2) is 17.7 Å². The molecule has 27 heavy (non-hydrogen) atoms. The van der Waals surface area contributed by atoms with Crippen LogP contribution in [0.3, 0.4) is 0 Å². The number of esters is 1. The Kier molecular flexibility index (Phi) is 14.1. The monoisotopic (exact) mass is 374 g/mol. The highest BCUT2D eigenvalue weighted by Gasteiger charge is 2.05. The molecule has 0 aromatic heterocycles. The number of rotatable bonds is 16. The lowest BCUT2D eigenvalue weighted by Crippen LogP contribution is -2.06. The maximum absolute atomic E-state index is 11.8. The molecule has 0 bridgehead atoms. The van der Waals surface area contributed by atoms with Crippen molar-refractivity contribution in [2.45, 2.75) is 90.4 Å². The summed E-state index contributed by atoms with van der Waals surface area (Å²) >= 11 is 0. The van der Waals surface area contributed by atoms with E-state index in [2.05, 4.69) is 19.1 Å². The Hall–Kier alpha value is -1.77. The van der Waals surface area contributed by atoms with Gasteiger partial charge in [-0.3, -0.25) is 0 Å². The molecule has 3 heteroatoms. The van der Waals surface area contributed by atoms with Gasteiger partial charge >= 0.3 is 5.97 Å². The van der Waals surface area contributed by atoms with Crippen molar-refractivity contribution in [2.24, 2.45) is 0 Å². The first kappa shape index (κ1) is 23.3. The summed E-state index contributed by atoms with van der Waals surface area (Å²) in [5.74, 6) is -0.170. The summed E-state index contributed by atoms with van der Waals surface area (Å²) in [7, 11) is 0. The Morgan fingerprint density at radius 3 is 1.93 bits per heavy atom. The fourth-order valence-electron chi connectivity index (χ4n) is 3.02. The molecule has 152 valence electrons. The summed E-state index contributed by atoms with van der Waals surface area (Å²) in [6, 6.07) is 6.14. The summed E-state index contributed by atoms with van der Waals surface area (Å²) in [5.41, 5.74) is 0.480. The Balaban J connectivity index is 1.86. The highest BCUT2D eigenvalue weighted by Crippen LogP contribution is 2.12. The molecular weight excluding hydrogens is 336 g/mol. The Labute approximate surface area is 165 Å². The number of phenolic OH excluding ortho intramolecular Hbond substituents is 1. The molecule has 0 saturated heterocycles. The minimum Gasteiger partial charge on any atom is -0.508 e. The van der Waals surface area contributed by atoms with Gasteiger partial charge in [0.2, 0.25) is 0 Å². The fourth-order valence-corrected chi connectivity index (χ4v) is 3.02. The predicted molar refractivity (Wildman–Crippen MR) is 113 cm³/mol. The molecule has 0 saturated carbocycles. The number of carbonyl (C=O) groups excluding carboxylic acids is 1. The topological polar surface area (TPSA) is 46.5 Å². The van der Waals surface area contributed by atoms with E-state index in [0.29, 0.717) is 12.2 Å². The zero-order chi connectivity index (χ0) is 19.6. The van der Waals surface area contributed by atoms with E-state index in [9.17, 15) is 9.90 Å². The molecule has 0 atom stereocenters. The van der Waals surface area contributed by atoms with Crippen LogP contribution in [-0.2, 0) is 4.74 Å². The van der Waals surface area contributed by atoms with Crippen molar-refractivity contribution >= 4 is 5.97 Å². The number of aromatic hydroxyl groups is 1. The average molecular weight is 375 g/mol. The van der Waals surface area contributed by atoms with E-state index in [1.807, 2.05) is 0 Å². The summed E-state index contributed by atoms with van der Waals surface area (Å²) in [6.07, 6.45) is 21.1. The van der Waals surface area contributed by atoms with Crippen molar-refractivity contribution in [1.29, 1.82) is 0 Å². The van der Waals surface area contributed by atoms with E-state index in [-0.39, 0.29) is 11.7 Å². The number of allylic oxidation sites excluding steroid dienone is 2. The molecule has 0 fully saturated rings. The first-order valence-corrected chi connectivity index (χ1v) is 10.8. The van der Waals surface area contributed by atoms with Crippen LogP contribution in [0.15, 0.2) is 36.4 Å². The maximum Gasteiger partial charge on any atom is 0.338 e. The van der Waals surface area contributed by atoms with Gasteiger partial charge in [0.05, 0.1) is 12.2 Å². The molecule has 1 rings (SSSR count). The second-order valence-electron chi connectivity index (χ2n) is 7.27. The van der Waals surface area contributed by atoms with Crippen molar-refractivity contribution in [3.8, 4) is 5.75 Å². The number of ether oxygens (including phenoxy) is 1. The third-order valence-corrected chi connectivity index (χ3v) is 4.74. The zero-order valence-corrected chi connectivity index (χ0v) is 17.1. The second-order valence-corrected chi connectivity index (χ2v) is 7.27. The smallest absolute Gasteiger partial charge is 0.338 e. The molecule has 3 nitrogen and oxygen atoms in total. The molecule has 0 spiro atoms. The van der Waals surface area contributed by atoms with Crippen LogP contribution in [0.4, 0.5) is 0 Å². The minimum absolute atomic E-state index is 0.153. The van der Waals surface area contributed by atoms with E-state index in [1.54, 1.807) is 12.1 Å². The molecule has 1 aromatic rings. The lowest BCUT2D eigenvalue weighted by molar-refractivity contribution is 0.0498. The van der Waals surface area contributed by atoms with Gasteiger partial charge in [-0.25, -0.2) is 4.79 Å². The Morgan fingerprint density at radius 1 is 0.815 bits per heavy atom. The summed E-state index contributed by atoms with van der Waals surface area (Å²) < 4.78 is 5.24. The zero-order valence-electron chi connectivity index (χ0n) is 17.1. The highest BCUT2D eigenvalue weighted by atomic mass is 16.5.